The number of rotatable bonds is 13. The number of unbranched alkanes of at least 4 members (excludes halogenated alkanes) is 5. The lowest BCUT2D eigenvalue weighted by Gasteiger charge is -2.41. The molecule has 0 aliphatic heterocycles. The van der Waals surface area contributed by atoms with Crippen molar-refractivity contribution in [2.24, 2.45) is 0 Å². The number of aliphatic hydroxyl groups is 2. The van der Waals surface area contributed by atoms with E-state index in [0.29, 0.717) is 13.1 Å². The molecular formula is C21H38NO2+. The van der Waals surface area contributed by atoms with Gasteiger partial charge in [0, 0.05) is 5.56 Å². The minimum Gasteiger partial charge on any atom is -0.388 e. The zero-order chi connectivity index (χ0) is 17.8. The molecule has 0 spiro atoms. The predicted molar refractivity (Wildman–Crippen MR) is 102 cm³/mol. The van der Waals surface area contributed by atoms with Gasteiger partial charge in [0.1, 0.15) is 31.8 Å². The topological polar surface area (TPSA) is 40.5 Å². The summed E-state index contributed by atoms with van der Waals surface area (Å²) in [5, 5.41) is 20.1. The van der Waals surface area contributed by atoms with Crippen LogP contribution < -0.4 is 0 Å². The van der Waals surface area contributed by atoms with Gasteiger partial charge in [-0.15, -0.1) is 0 Å². The van der Waals surface area contributed by atoms with E-state index in [1.807, 2.05) is 19.9 Å². The van der Waals surface area contributed by atoms with E-state index in [9.17, 15) is 10.2 Å². The molecule has 1 aromatic rings. The number of benzene rings is 1. The lowest BCUT2D eigenvalue weighted by molar-refractivity contribution is -0.946. The summed E-state index contributed by atoms with van der Waals surface area (Å²) in [5.74, 6) is 0. The smallest absolute Gasteiger partial charge is 0.105 e. The highest BCUT2D eigenvalue weighted by Crippen LogP contribution is 2.20. The highest BCUT2D eigenvalue weighted by molar-refractivity contribution is 5.13. The van der Waals surface area contributed by atoms with Crippen molar-refractivity contribution in [2.45, 2.75) is 78.0 Å². The van der Waals surface area contributed by atoms with Gasteiger partial charge in [-0.2, -0.15) is 0 Å². The van der Waals surface area contributed by atoms with E-state index < -0.39 is 0 Å². The van der Waals surface area contributed by atoms with Crippen molar-refractivity contribution in [3.63, 3.8) is 0 Å². The molecule has 1 aromatic carbocycles. The Labute approximate surface area is 148 Å². The van der Waals surface area contributed by atoms with Crippen molar-refractivity contribution in [1.82, 2.24) is 0 Å². The fourth-order valence-electron chi connectivity index (χ4n) is 3.78. The molecule has 0 amide bonds. The average Bonchev–Trinajstić information content (AvgIpc) is 2.50. The summed E-state index contributed by atoms with van der Waals surface area (Å²) < 4.78 is 0.771. The third-order valence-corrected chi connectivity index (χ3v) is 4.65. The molecule has 2 N–H and O–H groups in total. The number of aliphatic hydroxyl groups excluding tert-OH is 2. The van der Waals surface area contributed by atoms with Gasteiger partial charge in [-0.3, -0.25) is 0 Å². The van der Waals surface area contributed by atoms with Crippen LogP contribution >= 0.6 is 0 Å². The summed E-state index contributed by atoms with van der Waals surface area (Å²) in [5.41, 5.74) is 1.28. The van der Waals surface area contributed by atoms with E-state index in [2.05, 4.69) is 31.2 Å². The van der Waals surface area contributed by atoms with Crippen LogP contribution in [0.1, 0.15) is 64.9 Å². The van der Waals surface area contributed by atoms with Crippen LogP contribution in [0.25, 0.3) is 0 Å². The molecule has 3 heteroatoms. The van der Waals surface area contributed by atoms with Gasteiger partial charge in [0.25, 0.3) is 0 Å². The molecular weight excluding hydrogens is 298 g/mol. The molecule has 138 valence electrons. The zero-order valence-electron chi connectivity index (χ0n) is 16.0. The highest BCUT2D eigenvalue weighted by atomic mass is 16.3. The average molecular weight is 337 g/mol. The first-order valence-corrected chi connectivity index (χ1v) is 9.72. The molecule has 0 bridgehead atoms. The summed E-state index contributed by atoms with van der Waals surface area (Å²) in [6, 6.07) is 10.5. The van der Waals surface area contributed by atoms with Crippen molar-refractivity contribution in [3.8, 4) is 0 Å². The molecule has 0 aliphatic rings. The summed E-state index contributed by atoms with van der Waals surface area (Å²) in [6.07, 6.45) is 6.92. The molecule has 24 heavy (non-hydrogen) atoms. The van der Waals surface area contributed by atoms with Crippen molar-refractivity contribution in [3.05, 3.63) is 35.9 Å². The minimum atomic E-state index is -0.354. The van der Waals surface area contributed by atoms with Gasteiger partial charge in [-0.05, 0) is 26.7 Å². The second kappa shape index (κ2) is 11.6. The molecule has 3 nitrogen and oxygen atoms in total. The third kappa shape index (κ3) is 8.81. The van der Waals surface area contributed by atoms with Crippen molar-refractivity contribution < 1.29 is 14.7 Å². The molecule has 0 heterocycles. The van der Waals surface area contributed by atoms with Crippen molar-refractivity contribution >= 4 is 0 Å². The third-order valence-electron chi connectivity index (χ3n) is 4.65. The van der Waals surface area contributed by atoms with Crippen LogP contribution in [0.2, 0.25) is 0 Å². The maximum atomic E-state index is 10.1. The Bertz CT molecular complexity index is 407. The lowest BCUT2D eigenvalue weighted by atomic mass is 10.1. The molecule has 0 saturated carbocycles. The Kier molecular flexibility index (Phi) is 10.2. The Balaban J connectivity index is 2.74. The van der Waals surface area contributed by atoms with Crippen LogP contribution in [0.15, 0.2) is 30.3 Å². The van der Waals surface area contributed by atoms with Crippen LogP contribution in [-0.4, -0.2) is 46.5 Å². The van der Waals surface area contributed by atoms with Gasteiger partial charge in [0.05, 0.1) is 6.54 Å². The Morgan fingerprint density at radius 1 is 0.833 bits per heavy atom. The van der Waals surface area contributed by atoms with E-state index in [4.69, 9.17) is 0 Å². The number of hydrogen-bond donors (Lipinski definition) is 2. The first-order valence-electron chi connectivity index (χ1n) is 9.72. The molecule has 0 aliphatic carbocycles. The minimum absolute atomic E-state index is 0.354. The first kappa shape index (κ1) is 21.1. The number of hydrogen-bond acceptors (Lipinski definition) is 2. The molecule has 2 unspecified atom stereocenters. The number of nitrogens with zero attached hydrogens (tertiary/aromatic N) is 1. The summed E-state index contributed by atoms with van der Waals surface area (Å²) in [6.45, 7) is 9.28. The van der Waals surface area contributed by atoms with Gasteiger partial charge in [0.2, 0.25) is 0 Å². The van der Waals surface area contributed by atoms with E-state index >= 15 is 0 Å². The van der Waals surface area contributed by atoms with E-state index in [0.717, 1.165) is 24.0 Å². The highest BCUT2D eigenvalue weighted by Gasteiger charge is 2.30. The first-order chi connectivity index (χ1) is 11.5. The predicted octanol–water partition coefficient (Wildman–Crippen LogP) is 4.13. The molecule has 0 saturated heterocycles. The number of quaternary nitrogens is 1. The standard InChI is InChI=1S/C21H38NO2/c1-4-5-6-7-8-12-15-22(16-19(2)23,17-20(3)24)18-21-13-10-9-11-14-21/h9-11,13-14,19-20,23-24H,4-8,12,15-18H2,1-3H3/q+1. The maximum Gasteiger partial charge on any atom is 0.105 e. The van der Waals surface area contributed by atoms with Gasteiger partial charge in [-0.25, -0.2) is 0 Å². The molecule has 0 fully saturated rings. The largest absolute Gasteiger partial charge is 0.388 e. The Morgan fingerprint density at radius 2 is 1.38 bits per heavy atom. The monoisotopic (exact) mass is 336 g/mol. The Hall–Kier alpha value is -0.900. The van der Waals surface area contributed by atoms with E-state index in [1.54, 1.807) is 0 Å². The van der Waals surface area contributed by atoms with Crippen LogP contribution in [0.4, 0.5) is 0 Å². The summed E-state index contributed by atoms with van der Waals surface area (Å²) in [4.78, 5) is 0. The van der Waals surface area contributed by atoms with Gasteiger partial charge < -0.3 is 14.7 Å². The van der Waals surface area contributed by atoms with E-state index in [1.165, 1.54) is 37.7 Å². The summed E-state index contributed by atoms with van der Waals surface area (Å²) >= 11 is 0. The molecule has 0 radical (unpaired) electrons. The zero-order valence-corrected chi connectivity index (χ0v) is 16.0. The van der Waals surface area contributed by atoms with Crippen LogP contribution in [-0.2, 0) is 6.54 Å². The quantitative estimate of drug-likeness (QED) is 0.420. The normalized spacial score (nSPS) is 16.5. The second-order valence-electron chi connectivity index (χ2n) is 7.54. The van der Waals surface area contributed by atoms with Crippen molar-refractivity contribution in [2.75, 3.05) is 19.6 Å². The Morgan fingerprint density at radius 3 is 1.92 bits per heavy atom. The van der Waals surface area contributed by atoms with E-state index in [-0.39, 0.29) is 12.2 Å². The van der Waals surface area contributed by atoms with Crippen molar-refractivity contribution in [1.29, 1.82) is 0 Å². The van der Waals surface area contributed by atoms with Crippen LogP contribution in [0, 0.1) is 0 Å². The van der Waals surface area contributed by atoms with Gasteiger partial charge >= 0.3 is 0 Å². The lowest BCUT2D eigenvalue weighted by Crippen LogP contribution is -2.54. The molecule has 1 rings (SSSR count). The van der Waals surface area contributed by atoms with Gasteiger partial charge in [0.15, 0.2) is 0 Å². The fraction of sp³-hybridized carbons (Fsp3) is 0.714. The molecule has 0 aromatic heterocycles. The fourth-order valence-corrected chi connectivity index (χ4v) is 3.78. The maximum absolute atomic E-state index is 10.1. The molecule has 2 atom stereocenters. The second-order valence-corrected chi connectivity index (χ2v) is 7.54. The van der Waals surface area contributed by atoms with Crippen LogP contribution in [0.3, 0.4) is 0 Å². The summed E-state index contributed by atoms with van der Waals surface area (Å²) in [7, 11) is 0. The van der Waals surface area contributed by atoms with Crippen LogP contribution in [0.5, 0.6) is 0 Å². The van der Waals surface area contributed by atoms with Gasteiger partial charge in [-0.1, -0.05) is 62.9 Å². The SMILES string of the molecule is CCCCCCCC[N+](Cc1ccccc1)(CC(C)O)CC(C)O.